The van der Waals surface area contributed by atoms with Crippen LogP contribution in [-0.4, -0.2) is 11.1 Å². The molecule has 0 fully saturated rings. The molecular weight excluding hydrogens is 375 g/mol. The highest BCUT2D eigenvalue weighted by Crippen LogP contribution is 2.41. The van der Waals surface area contributed by atoms with Gasteiger partial charge in [-0.3, -0.25) is 0 Å². The number of benzene rings is 3. The first-order valence-electron chi connectivity index (χ1n) is 9.80. The first-order chi connectivity index (χ1) is 14.3. The molecule has 3 aromatic carbocycles. The maximum atomic E-state index is 13.9. The van der Waals surface area contributed by atoms with Gasteiger partial charge in [0.25, 0.3) is 0 Å². The summed E-state index contributed by atoms with van der Waals surface area (Å²) in [5.74, 6) is 3.97. The van der Waals surface area contributed by atoms with Gasteiger partial charge in [0.05, 0.1) is 5.56 Å². The van der Waals surface area contributed by atoms with Gasteiger partial charge in [-0.2, -0.15) is 0 Å². The molecule has 2 nitrogen and oxygen atoms in total. The molecular formula is C27H21FO2. The van der Waals surface area contributed by atoms with Crippen LogP contribution in [0.1, 0.15) is 58.4 Å². The van der Waals surface area contributed by atoms with E-state index in [0.29, 0.717) is 5.56 Å². The van der Waals surface area contributed by atoms with Gasteiger partial charge in [0.2, 0.25) is 0 Å². The SMILES string of the molecule is CC1(C)CC=C(c2ccccc2)c2cc(C#Cc3ccc(C(=O)O)c(F)c3)ccc21. The van der Waals surface area contributed by atoms with Crippen LogP contribution in [0.2, 0.25) is 0 Å². The van der Waals surface area contributed by atoms with Gasteiger partial charge in [-0.1, -0.05) is 68.2 Å². The van der Waals surface area contributed by atoms with E-state index in [-0.39, 0.29) is 11.0 Å². The monoisotopic (exact) mass is 396 g/mol. The molecule has 0 atom stereocenters. The van der Waals surface area contributed by atoms with Crippen molar-refractivity contribution in [1.82, 2.24) is 0 Å². The maximum absolute atomic E-state index is 13.9. The number of carboxylic acids is 1. The average molecular weight is 396 g/mol. The molecule has 0 radical (unpaired) electrons. The molecule has 1 aliphatic carbocycles. The number of aromatic carboxylic acids is 1. The minimum atomic E-state index is -1.29. The molecule has 3 aromatic rings. The summed E-state index contributed by atoms with van der Waals surface area (Å²) in [6.07, 6.45) is 3.25. The zero-order valence-corrected chi connectivity index (χ0v) is 16.9. The van der Waals surface area contributed by atoms with Crippen LogP contribution in [0.5, 0.6) is 0 Å². The number of allylic oxidation sites excluding steroid dienone is 1. The Labute approximate surface area is 175 Å². The number of rotatable bonds is 2. The topological polar surface area (TPSA) is 37.3 Å². The zero-order valence-electron chi connectivity index (χ0n) is 16.9. The third-order valence-corrected chi connectivity index (χ3v) is 5.49. The Bertz CT molecular complexity index is 1220. The lowest BCUT2D eigenvalue weighted by Crippen LogP contribution is -2.21. The normalized spacial score (nSPS) is 14.2. The molecule has 1 aliphatic rings. The number of carbonyl (C=O) groups is 1. The lowest BCUT2D eigenvalue weighted by molar-refractivity contribution is 0.0692. The quantitative estimate of drug-likeness (QED) is 0.537. The standard InChI is InChI=1S/C27H21FO2/c1-27(2)15-14-21(20-6-4-3-5-7-20)23-16-18(11-13-24(23)27)8-9-19-10-12-22(26(29)30)25(28)17-19/h3-7,10-14,16-17H,15H2,1-2H3,(H,29,30). The van der Waals surface area contributed by atoms with Crippen molar-refractivity contribution >= 4 is 11.5 Å². The van der Waals surface area contributed by atoms with E-state index in [1.54, 1.807) is 0 Å². The minimum absolute atomic E-state index is 0.0371. The third-order valence-electron chi connectivity index (χ3n) is 5.49. The molecule has 0 aromatic heterocycles. The number of hydrogen-bond donors (Lipinski definition) is 1. The highest BCUT2D eigenvalue weighted by Gasteiger charge is 2.28. The van der Waals surface area contributed by atoms with Gasteiger partial charge in [0.15, 0.2) is 0 Å². The summed E-state index contributed by atoms with van der Waals surface area (Å²) in [6.45, 7) is 4.48. The highest BCUT2D eigenvalue weighted by atomic mass is 19.1. The summed E-state index contributed by atoms with van der Waals surface area (Å²) in [6, 6.07) is 20.4. The fourth-order valence-corrected chi connectivity index (χ4v) is 3.81. The predicted molar refractivity (Wildman–Crippen MR) is 117 cm³/mol. The van der Waals surface area contributed by atoms with Gasteiger partial charge in [-0.25, -0.2) is 9.18 Å². The fourth-order valence-electron chi connectivity index (χ4n) is 3.81. The van der Waals surface area contributed by atoms with Gasteiger partial charge < -0.3 is 5.11 Å². The van der Waals surface area contributed by atoms with Crippen LogP contribution >= 0.6 is 0 Å². The molecule has 0 heterocycles. The van der Waals surface area contributed by atoms with Crippen LogP contribution in [0.4, 0.5) is 4.39 Å². The summed E-state index contributed by atoms with van der Waals surface area (Å²) in [5.41, 5.74) is 5.77. The van der Waals surface area contributed by atoms with Crippen LogP contribution in [0.3, 0.4) is 0 Å². The van der Waals surface area contributed by atoms with Crippen LogP contribution < -0.4 is 0 Å². The van der Waals surface area contributed by atoms with E-state index in [1.165, 1.54) is 28.8 Å². The van der Waals surface area contributed by atoms with Crippen LogP contribution in [0.25, 0.3) is 5.57 Å². The lowest BCUT2D eigenvalue weighted by Gasteiger charge is -2.32. The van der Waals surface area contributed by atoms with Crippen molar-refractivity contribution in [2.75, 3.05) is 0 Å². The van der Waals surface area contributed by atoms with E-state index in [1.807, 2.05) is 24.3 Å². The van der Waals surface area contributed by atoms with E-state index in [2.05, 4.69) is 56.0 Å². The summed E-state index contributed by atoms with van der Waals surface area (Å²) >= 11 is 0. The van der Waals surface area contributed by atoms with Gasteiger partial charge in [0.1, 0.15) is 5.82 Å². The van der Waals surface area contributed by atoms with Crippen molar-refractivity contribution in [3.8, 4) is 11.8 Å². The fraction of sp³-hybridized carbons (Fsp3) is 0.148. The Kier molecular flexibility index (Phi) is 5.01. The molecule has 1 N–H and O–H groups in total. The Morgan fingerprint density at radius 1 is 0.967 bits per heavy atom. The first-order valence-corrected chi connectivity index (χ1v) is 9.80. The number of hydrogen-bond acceptors (Lipinski definition) is 1. The molecule has 30 heavy (non-hydrogen) atoms. The van der Waals surface area contributed by atoms with Gasteiger partial charge in [-0.15, -0.1) is 0 Å². The Morgan fingerprint density at radius 2 is 1.63 bits per heavy atom. The van der Waals surface area contributed by atoms with Gasteiger partial charge in [-0.05, 0) is 64.4 Å². The number of fused-ring (bicyclic) bond motifs is 1. The van der Waals surface area contributed by atoms with Crippen molar-refractivity contribution in [2.24, 2.45) is 0 Å². The minimum Gasteiger partial charge on any atom is -0.478 e. The zero-order chi connectivity index (χ0) is 21.3. The molecule has 0 saturated carbocycles. The van der Waals surface area contributed by atoms with E-state index < -0.39 is 11.8 Å². The molecule has 0 spiro atoms. The van der Waals surface area contributed by atoms with Crippen molar-refractivity contribution < 1.29 is 14.3 Å². The lowest BCUT2D eigenvalue weighted by atomic mass is 9.72. The second-order valence-electron chi connectivity index (χ2n) is 8.08. The number of halogens is 1. The molecule has 3 heteroatoms. The number of carboxylic acid groups (broad SMARTS) is 1. The predicted octanol–water partition coefficient (Wildman–Crippen LogP) is 6.04. The van der Waals surface area contributed by atoms with Crippen LogP contribution in [0, 0.1) is 17.7 Å². The largest absolute Gasteiger partial charge is 0.478 e. The Balaban J connectivity index is 1.74. The van der Waals surface area contributed by atoms with Crippen molar-refractivity contribution in [3.05, 3.63) is 112 Å². The summed E-state index contributed by atoms with van der Waals surface area (Å²) in [7, 11) is 0. The van der Waals surface area contributed by atoms with E-state index in [9.17, 15) is 9.18 Å². The smallest absolute Gasteiger partial charge is 0.338 e. The van der Waals surface area contributed by atoms with Crippen molar-refractivity contribution in [3.63, 3.8) is 0 Å². The van der Waals surface area contributed by atoms with E-state index in [4.69, 9.17) is 5.11 Å². The third kappa shape index (κ3) is 3.77. The van der Waals surface area contributed by atoms with Gasteiger partial charge >= 0.3 is 5.97 Å². The molecule has 148 valence electrons. The summed E-state index contributed by atoms with van der Waals surface area (Å²) in [5, 5.41) is 8.96. The summed E-state index contributed by atoms with van der Waals surface area (Å²) < 4.78 is 13.9. The van der Waals surface area contributed by atoms with Crippen molar-refractivity contribution in [2.45, 2.75) is 25.7 Å². The molecule has 0 bridgehead atoms. The van der Waals surface area contributed by atoms with Crippen molar-refractivity contribution in [1.29, 1.82) is 0 Å². The van der Waals surface area contributed by atoms with Crippen LogP contribution in [-0.2, 0) is 5.41 Å². The molecule has 4 rings (SSSR count). The average Bonchev–Trinajstić information content (AvgIpc) is 2.72. The van der Waals surface area contributed by atoms with Crippen LogP contribution in [0.15, 0.2) is 72.8 Å². The Morgan fingerprint density at radius 3 is 2.30 bits per heavy atom. The summed E-state index contributed by atoms with van der Waals surface area (Å²) in [4.78, 5) is 11.0. The van der Waals surface area contributed by atoms with Gasteiger partial charge in [0, 0.05) is 11.1 Å². The molecule has 0 aliphatic heterocycles. The second kappa shape index (κ2) is 7.65. The highest BCUT2D eigenvalue weighted by molar-refractivity contribution is 5.88. The molecule has 0 saturated heterocycles. The van der Waals surface area contributed by atoms with E-state index in [0.717, 1.165) is 23.6 Å². The molecule has 0 amide bonds. The molecule has 0 unspecified atom stereocenters. The Hall–Kier alpha value is -3.64. The maximum Gasteiger partial charge on any atom is 0.338 e. The first kappa shape index (κ1) is 19.7. The second-order valence-corrected chi connectivity index (χ2v) is 8.08. The van der Waals surface area contributed by atoms with E-state index >= 15 is 0 Å².